The van der Waals surface area contributed by atoms with Gasteiger partial charge >= 0.3 is 11.9 Å². The van der Waals surface area contributed by atoms with Gasteiger partial charge in [0, 0.05) is 33.5 Å². The predicted octanol–water partition coefficient (Wildman–Crippen LogP) is 10.6. The molecule has 8 bridgehead atoms. The summed E-state index contributed by atoms with van der Waals surface area (Å²) in [6, 6.07) is 4.22. The van der Waals surface area contributed by atoms with Crippen molar-refractivity contribution in [2.24, 2.45) is 46.3 Å². The maximum Gasteiger partial charge on any atom is 0.327 e. The van der Waals surface area contributed by atoms with Gasteiger partial charge in [0.2, 0.25) is 0 Å². The van der Waals surface area contributed by atoms with Gasteiger partial charge in [0.15, 0.2) is 0 Å². The zero-order valence-corrected chi connectivity index (χ0v) is 39.8. The van der Waals surface area contributed by atoms with Gasteiger partial charge in [-0.15, -0.1) is 23.5 Å². The molecule has 2 aromatic carbocycles. The molecule has 2 heterocycles. The first-order valence-electron chi connectivity index (χ1n) is 24.9. The summed E-state index contributed by atoms with van der Waals surface area (Å²) in [6.07, 6.45) is 19.7. The molecule has 10 aliphatic carbocycles. The van der Waals surface area contributed by atoms with Crippen molar-refractivity contribution < 1.29 is 47.6 Å². The Morgan fingerprint density at radius 2 is 0.894 bits per heavy atom. The van der Waals surface area contributed by atoms with Gasteiger partial charge in [0.1, 0.15) is 35.2 Å². The lowest BCUT2D eigenvalue weighted by Crippen LogP contribution is -2.48. The largest absolute Gasteiger partial charge is 0.493 e. The number of rotatable bonds is 12. The fourth-order valence-electron chi connectivity index (χ4n) is 15.1. The van der Waals surface area contributed by atoms with Crippen molar-refractivity contribution in [3.63, 3.8) is 0 Å². The van der Waals surface area contributed by atoms with Crippen LogP contribution in [0.25, 0.3) is 0 Å². The molecule has 4 atom stereocenters. The van der Waals surface area contributed by atoms with Crippen molar-refractivity contribution in [1.82, 2.24) is 9.80 Å². The molecular formula is C52H64F2N2O8S2. The van der Waals surface area contributed by atoms with Crippen molar-refractivity contribution in [3.8, 4) is 11.5 Å². The number of carbonyl (C=O) groups excluding carboxylic acids is 2. The minimum atomic E-state index is -1.04. The number of aliphatic carboxylic acids is 2. The second kappa shape index (κ2) is 17.2. The highest BCUT2D eigenvalue weighted by atomic mass is 32.2. The number of carboxylic acids is 2. The number of halogens is 2. The number of hydrogen-bond donors (Lipinski definition) is 2. The first-order chi connectivity index (χ1) is 31.6. The zero-order chi connectivity index (χ0) is 45.8. The molecule has 12 fully saturated rings. The second-order valence-electron chi connectivity index (χ2n) is 22.8. The summed E-state index contributed by atoms with van der Waals surface area (Å²) in [7, 11) is 0. The lowest BCUT2D eigenvalue weighted by molar-refractivity contribution is -0.142. The Kier molecular flexibility index (Phi) is 11.7. The van der Waals surface area contributed by atoms with Gasteiger partial charge in [-0.2, -0.15) is 0 Å². The summed E-state index contributed by atoms with van der Waals surface area (Å²) in [4.78, 5) is 52.4. The highest BCUT2D eigenvalue weighted by Crippen LogP contribution is 2.62. The van der Waals surface area contributed by atoms with Crippen LogP contribution in [0.1, 0.15) is 160 Å². The van der Waals surface area contributed by atoms with E-state index in [-0.39, 0.29) is 44.2 Å². The highest BCUT2D eigenvalue weighted by Gasteiger charge is 2.53. The molecule has 2 aromatic rings. The average molecular weight is 947 g/mol. The molecule has 10 nitrogen and oxygen atoms in total. The van der Waals surface area contributed by atoms with Crippen LogP contribution in [0.5, 0.6) is 11.5 Å². The van der Waals surface area contributed by atoms with Crippen LogP contribution in [-0.2, 0) is 9.59 Å². The van der Waals surface area contributed by atoms with Crippen LogP contribution in [0, 0.1) is 58.0 Å². The van der Waals surface area contributed by atoms with Crippen LogP contribution in [0.3, 0.4) is 0 Å². The Balaban J connectivity index is 0.000000146. The summed E-state index contributed by atoms with van der Waals surface area (Å²) in [5.41, 5.74) is 2.24. The van der Waals surface area contributed by atoms with Crippen LogP contribution in [0.4, 0.5) is 8.78 Å². The lowest BCUT2D eigenvalue weighted by Gasteiger charge is -2.56. The standard InChI is InChI=1S/2C26H32FNO4S/c2*1-14-23(25(30)31)28(13-33-14)24(29)20-7-19(18-2-3-18)22(8-21(20)27)32-12-26-9-15-4-16(10-26)6-17(5-15)11-26/h2*7-8,14-18,23H,2-6,9-13H2,1H3,(H,30,31)/t14-,15?,16?,17?,23+,26?;14-,15?,16?,17?,23-,26?/m00/s1. The SMILES string of the molecule is C[C@@H]1SCN(C(=O)c2cc(C3CC3)c(OCC34CC5CC(CC(C5)C3)C4)cc2F)[C@@H]1C(=O)O.C[C@@H]1SCN(C(=O)c2cc(C3CC3)c(OCC34CC5CC(CC(C5)C3)C4)cc2F)[C@H]1C(=O)O. The Morgan fingerprint density at radius 1 is 0.576 bits per heavy atom. The van der Waals surface area contributed by atoms with E-state index >= 15 is 8.78 Å². The summed E-state index contributed by atoms with van der Waals surface area (Å²) in [5.74, 6) is 2.92. The normalized spacial score (nSPS) is 36.9. The molecule has 66 heavy (non-hydrogen) atoms. The maximum absolute atomic E-state index is 15.2. The van der Waals surface area contributed by atoms with Crippen molar-refractivity contribution in [3.05, 3.63) is 58.2 Å². The number of carboxylic acid groups (broad SMARTS) is 2. The van der Waals surface area contributed by atoms with Crippen molar-refractivity contribution in [2.45, 2.75) is 151 Å². The molecule has 2 N–H and O–H groups in total. The van der Waals surface area contributed by atoms with Crippen LogP contribution in [-0.4, -0.2) is 91.3 Å². The summed E-state index contributed by atoms with van der Waals surface area (Å²) >= 11 is 2.82. The molecule has 10 saturated carbocycles. The number of hydrogen-bond acceptors (Lipinski definition) is 8. The third-order valence-electron chi connectivity index (χ3n) is 17.6. The fourth-order valence-corrected chi connectivity index (χ4v) is 17.4. The molecule has 2 aliphatic heterocycles. The summed E-state index contributed by atoms with van der Waals surface area (Å²) < 4.78 is 43.2. The van der Waals surface area contributed by atoms with E-state index in [4.69, 9.17) is 9.47 Å². The first-order valence-corrected chi connectivity index (χ1v) is 27.0. The Hall–Kier alpha value is -3.52. The van der Waals surface area contributed by atoms with Crippen molar-refractivity contribution in [2.75, 3.05) is 25.0 Å². The molecule has 14 heteroatoms. The number of carbonyl (C=O) groups is 4. The molecule has 2 saturated heterocycles. The van der Waals surface area contributed by atoms with Crippen LogP contribution in [0.15, 0.2) is 24.3 Å². The molecule has 14 rings (SSSR count). The molecule has 0 spiro atoms. The van der Waals surface area contributed by atoms with E-state index in [2.05, 4.69) is 0 Å². The smallest absolute Gasteiger partial charge is 0.327 e. The van der Waals surface area contributed by atoms with Gasteiger partial charge in [-0.05, 0) is 173 Å². The van der Waals surface area contributed by atoms with Gasteiger partial charge in [0.05, 0.1) is 36.1 Å². The molecule has 2 amide bonds. The Morgan fingerprint density at radius 3 is 1.18 bits per heavy atom. The van der Waals surface area contributed by atoms with E-state index in [1.54, 1.807) is 26.0 Å². The van der Waals surface area contributed by atoms with E-state index in [1.807, 2.05) is 0 Å². The lowest BCUT2D eigenvalue weighted by atomic mass is 9.50. The quantitative estimate of drug-likeness (QED) is 0.212. The number of nitrogens with zero attached hydrogens (tertiary/aromatic N) is 2. The third kappa shape index (κ3) is 8.52. The second-order valence-corrected chi connectivity index (χ2v) is 25.5. The third-order valence-corrected chi connectivity index (χ3v) is 20.1. The van der Waals surface area contributed by atoms with E-state index in [1.165, 1.54) is 123 Å². The van der Waals surface area contributed by atoms with Crippen molar-refractivity contribution >= 4 is 47.3 Å². The van der Waals surface area contributed by atoms with E-state index < -0.39 is 47.5 Å². The Labute approximate surface area is 395 Å². The number of ether oxygens (including phenoxy) is 2. The monoisotopic (exact) mass is 946 g/mol. The topological polar surface area (TPSA) is 134 Å². The number of amides is 2. The fraction of sp³-hybridized carbons (Fsp3) is 0.692. The van der Waals surface area contributed by atoms with Gasteiger partial charge in [0.25, 0.3) is 11.8 Å². The van der Waals surface area contributed by atoms with Crippen LogP contribution >= 0.6 is 23.5 Å². The molecule has 0 aromatic heterocycles. The van der Waals surface area contributed by atoms with E-state index in [0.29, 0.717) is 36.5 Å². The molecular weight excluding hydrogens is 883 g/mol. The van der Waals surface area contributed by atoms with Gasteiger partial charge < -0.3 is 29.5 Å². The number of benzene rings is 2. The zero-order valence-electron chi connectivity index (χ0n) is 38.2. The van der Waals surface area contributed by atoms with E-state index in [9.17, 15) is 29.4 Å². The van der Waals surface area contributed by atoms with Gasteiger partial charge in [-0.3, -0.25) is 9.59 Å². The molecule has 0 unspecified atom stereocenters. The minimum absolute atomic E-state index is 0.0278. The van der Waals surface area contributed by atoms with E-state index in [0.717, 1.165) is 72.3 Å². The molecule has 356 valence electrons. The summed E-state index contributed by atoms with van der Waals surface area (Å²) in [6.45, 7) is 4.88. The van der Waals surface area contributed by atoms with Crippen LogP contribution < -0.4 is 9.47 Å². The van der Waals surface area contributed by atoms with Gasteiger partial charge in [-0.1, -0.05) is 13.8 Å². The Bertz CT molecular complexity index is 2070. The molecule has 12 aliphatic rings. The predicted molar refractivity (Wildman–Crippen MR) is 248 cm³/mol. The number of thioether (sulfide) groups is 2. The summed E-state index contributed by atoms with van der Waals surface area (Å²) in [5, 5.41) is 18.7. The van der Waals surface area contributed by atoms with Gasteiger partial charge in [-0.25, -0.2) is 18.4 Å². The highest BCUT2D eigenvalue weighted by molar-refractivity contribution is 8.00. The molecule has 0 radical (unpaired) electrons. The average Bonchev–Trinajstić information content (AvgIpc) is 4.20. The minimum Gasteiger partial charge on any atom is -0.493 e. The van der Waals surface area contributed by atoms with Crippen molar-refractivity contribution in [1.29, 1.82) is 0 Å². The first kappa shape index (κ1) is 45.0. The maximum atomic E-state index is 15.2. The van der Waals surface area contributed by atoms with Crippen LogP contribution in [0.2, 0.25) is 0 Å².